The summed E-state index contributed by atoms with van der Waals surface area (Å²) in [5, 5.41) is 1.07. The first kappa shape index (κ1) is 11.9. The molecular weight excluding hydrogens is 226 g/mol. The summed E-state index contributed by atoms with van der Waals surface area (Å²) in [5.74, 6) is 0. The van der Waals surface area contributed by atoms with Crippen molar-refractivity contribution in [3.63, 3.8) is 0 Å². The van der Waals surface area contributed by atoms with E-state index in [4.69, 9.17) is 0 Å². The minimum Gasteiger partial charge on any atom is -0.281 e. The van der Waals surface area contributed by atoms with Gasteiger partial charge in [0.1, 0.15) is 0 Å². The number of hydrogen-bond acceptors (Lipinski definition) is 2. The van der Waals surface area contributed by atoms with Crippen molar-refractivity contribution in [2.45, 2.75) is 0 Å². The van der Waals surface area contributed by atoms with Gasteiger partial charge in [0, 0.05) is 12.6 Å². The van der Waals surface area contributed by atoms with Gasteiger partial charge in [-0.3, -0.25) is 4.99 Å². The van der Waals surface area contributed by atoms with Crippen molar-refractivity contribution in [2.24, 2.45) is 4.99 Å². The molecule has 0 aromatic heterocycles. The van der Waals surface area contributed by atoms with Crippen LogP contribution >= 0.6 is 11.8 Å². The van der Waals surface area contributed by atoms with Gasteiger partial charge in [0.05, 0.1) is 5.04 Å². The monoisotopic (exact) mass is 241 g/mol. The lowest BCUT2D eigenvalue weighted by Gasteiger charge is -2.05. The zero-order valence-corrected chi connectivity index (χ0v) is 10.9. The Hall–Kier alpha value is -1.54. The lowest BCUT2D eigenvalue weighted by Crippen LogP contribution is -1.93. The lowest BCUT2D eigenvalue weighted by molar-refractivity contribution is 1.45. The van der Waals surface area contributed by atoms with Crippen molar-refractivity contribution < 1.29 is 0 Å². The molecule has 0 atom stereocenters. The third kappa shape index (κ3) is 2.77. The highest BCUT2D eigenvalue weighted by Gasteiger charge is 2.01. The van der Waals surface area contributed by atoms with Crippen molar-refractivity contribution in [1.29, 1.82) is 0 Å². The second-order valence-corrected chi connectivity index (χ2v) is 4.47. The Labute approximate surface area is 107 Å². The topological polar surface area (TPSA) is 12.4 Å². The van der Waals surface area contributed by atoms with Crippen LogP contribution in [0.25, 0.3) is 11.1 Å². The fraction of sp³-hybridized carbons (Fsp3) is 0.133. The van der Waals surface area contributed by atoms with Gasteiger partial charge in [-0.2, -0.15) is 0 Å². The van der Waals surface area contributed by atoms with E-state index in [1.807, 2.05) is 19.4 Å². The van der Waals surface area contributed by atoms with Gasteiger partial charge in [-0.05, 0) is 17.4 Å². The Morgan fingerprint density at radius 3 is 2.00 bits per heavy atom. The van der Waals surface area contributed by atoms with Gasteiger partial charge in [0.15, 0.2) is 0 Å². The summed E-state index contributed by atoms with van der Waals surface area (Å²) >= 11 is 1.67. The van der Waals surface area contributed by atoms with E-state index in [-0.39, 0.29) is 0 Å². The molecule has 0 saturated carbocycles. The van der Waals surface area contributed by atoms with Crippen LogP contribution in [-0.2, 0) is 0 Å². The summed E-state index contributed by atoms with van der Waals surface area (Å²) in [6.45, 7) is 0. The molecule has 0 bridgehead atoms. The van der Waals surface area contributed by atoms with Crippen LogP contribution in [0.15, 0.2) is 59.6 Å². The van der Waals surface area contributed by atoms with E-state index < -0.39 is 0 Å². The molecule has 1 nitrogen and oxygen atoms in total. The third-order valence-corrected chi connectivity index (χ3v) is 3.44. The van der Waals surface area contributed by atoms with E-state index >= 15 is 0 Å². The summed E-state index contributed by atoms with van der Waals surface area (Å²) in [6.07, 6.45) is 2.05. The molecule has 0 aliphatic carbocycles. The van der Waals surface area contributed by atoms with Gasteiger partial charge in [-0.1, -0.05) is 54.6 Å². The zero-order valence-electron chi connectivity index (χ0n) is 10.1. The van der Waals surface area contributed by atoms with Crippen LogP contribution in [0.3, 0.4) is 0 Å². The van der Waals surface area contributed by atoms with Crippen molar-refractivity contribution in [3.05, 3.63) is 60.2 Å². The summed E-state index contributed by atoms with van der Waals surface area (Å²) in [7, 11) is 1.83. The maximum atomic E-state index is 4.26. The number of thioether (sulfide) groups is 1. The van der Waals surface area contributed by atoms with Crippen LogP contribution < -0.4 is 0 Å². The van der Waals surface area contributed by atoms with Crippen LogP contribution in [0.4, 0.5) is 0 Å². The first-order chi connectivity index (χ1) is 8.35. The summed E-state index contributed by atoms with van der Waals surface area (Å²) in [6, 6.07) is 18.9. The predicted molar refractivity (Wildman–Crippen MR) is 77.9 cm³/mol. The molecule has 2 rings (SSSR count). The fourth-order valence-corrected chi connectivity index (χ4v) is 2.33. The van der Waals surface area contributed by atoms with E-state index in [1.54, 1.807) is 11.8 Å². The van der Waals surface area contributed by atoms with Crippen molar-refractivity contribution in [2.75, 3.05) is 13.3 Å². The highest BCUT2D eigenvalue weighted by molar-refractivity contribution is 8.13. The minimum atomic E-state index is 1.07. The fourth-order valence-electron chi connectivity index (χ4n) is 1.77. The summed E-state index contributed by atoms with van der Waals surface area (Å²) < 4.78 is 0. The first-order valence-electron chi connectivity index (χ1n) is 5.52. The van der Waals surface area contributed by atoms with E-state index in [2.05, 4.69) is 53.5 Å². The molecule has 0 heterocycles. The normalized spacial score (nSPS) is 11.5. The molecule has 0 aliphatic heterocycles. The standard InChI is InChI=1S/C15H15NS/c1-16-15(17-2)14-10-8-13(9-11-14)12-6-4-3-5-7-12/h3-11H,1-2H3. The van der Waals surface area contributed by atoms with Crippen LogP contribution in [0, 0.1) is 0 Å². The maximum Gasteiger partial charge on any atom is 0.0970 e. The molecule has 0 amide bonds. The number of aliphatic imine (C=N–C) groups is 1. The Balaban J connectivity index is 2.31. The van der Waals surface area contributed by atoms with Crippen LogP contribution in [0.1, 0.15) is 5.56 Å². The number of rotatable bonds is 2. The van der Waals surface area contributed by atoms with Gasteiger partial charge >= 0.3 is 0 Å². The number of benzene rings is 2. The van der Waals surface area contributed by atoms with E-state index in [9.17, 15) is 0 Å². The first-order valence-corrected chi connectivity index (χ1v) is 6.74. The highest BCUT2D eigenvalue weighted by Crippen LogP contribution is 2.20. The zero-order chi connectivity index (χ0) is 12.1. The molecule has 2 heteroatoms. The minimum absolute atomic E-state index is 1.07. The second kappa shape index (κ2) is 5.69. The molecule has 17 heavy (non-hydrogen) atoms. The molecule has 0 spiro atoms. The Morgan fingerprint density at radius 1 is 0.882 bits per heavy atom. The van der Waals surface area contributed by atoms with Crippen molar-refractivity contribution >= 4 is 16.8 Å². The van der Waals surface area contributed by atoms with E-state index in [0.29, 0.717) is 0 Å². The average Bonchev–Trinajstić information content (AvgIpc) is 2.42. The average molecular weight is 241 g/mol. The molecule has 0 saturated heterocycles. The number of hydrogen-bond donors (Lipinski definition) is 0. The van der Waals surface area contributed by atoms with E-state index in [0.717, 1.165) is 5.04 Å². The molecular formula is C15H15NS. The van der Waals surface area contributed by atoms with Crippen LogP contribution in [0.2, 0.25) is 0 Å². The van der Waals surface area contributed by atoms with Gasteiger partial charge in [-0.25, -0.2) is 0 Å². The van der Waals surface area contributed by atoms with Gasteiger partial charge < -0.3 is 0 Å². The molecule has 0 N–H and O–H groups in total. The predicted octanol–water partition coefficient (Wildman–Crippen LogP) is 4.09. The second-order valence-electron chi connectivity index (χ2n) is 3.68. The molecule has 2 aromatic carbocycles. The molecule has 2 aromatic rings. The van der Waals surface area contributed by atoms with Gasteiger partial charge in [-0.15, -0.1) is 11.8 Å². The Bertz CT molecular complexity index is 500. The lowest BCUT2D eigenvalue weighted by atomic mass is 10.0. The number of nitrogens with zero attached hydrogens (tertiary/aromatic N) is 1. The molecule has 0 fully saturated rings. The smallest absolute Gasteiger partial charge is 0.0970 e. The molecule has 86 valence electrons. The van der Waals surface area contributed by atoms with Gasteiger partial charge in [0.25, 0.3) is 0 Å². The highest BCUT2D eigenvalue weighted by atomic mass is 32.2. The van der Waals surface area contributed by atoms with Crippen LogP contribution in [-0.4, -0.2) is 18.3 Å². The van der Waals surface area contributed by atoms with Crippen molar-refractivity contribution in [1.82, 2.24) is 0 Å². The largest absolute Gasteiger partial charge is 0.281 e. The molecule has 0 unspecified atom stereocenters. The quantitative estimate of drug-likeness (QED) is 0.569. The Kier molecular flexibility index (Phi) is 3.99. The van der Waals surface area contributed by atoms with E-state index in [1.165, 1.54) is 16.7 Å². The van der Waals surface area contributed by atoms with Gasteiger partial charge in [0.2, 0.25) is 0 Å². The van der Waals surface area contributed by atoms with Crippen molar-refractivity contribution in [3.8, 4) is 11.1 Å². The van der Waals surface area contributed by atoms with Crippen LogP contribution in [0.5, 0.6) is 0 Å². The molecule has 0 radical (unpaired) electrons. The summed E-state index contributed by atoms with van der Waals surface area (Å²) in [5.41, 5.74) is 3.67. The molecule has 0 aliphatic rings. The SMILES string of the molecule is CN=C(SC)c1ccc(-c2ccccc2)cc1. The Morgan fingerprint density at radius 2 is 1.47 bits per heavy atom. The third-order valence-electron chi connectivity index (χ3n) is 2.64. The summed E-state index contributed by atoms with van der Waals surface area (Å²) in [4.78, 5) is 4.26. The maximum absolute atomic E-state index is 4.26.